The molecule has 0 aromatic heterocycles. The summed E-state index contributed by atoms with van der Waals surface area (Å²) in [5.74, 6) is 0.344. The Kier molecular flexibility index (Phi) is 5.33. The lowest BCUT2D eigenvalue weighted by atomic mass is 10.2. The molecule has 0 unspecified atom stereocenters. The second-order valence-corrected chi connectivity index (χ2v) is 8.56. The Morgan fingerprint density at radius 3 is 2.62 bits per heavy atom. The number of sulfone groups is 1. The molecule has 142 valence electrons. The molecular weight excluding hydrogens is 362 g/mol. The SMILES string of the molecule is CN(CC(=O)NNC(=O)c1ccc2c(c1)OCCO2)[C@H]1CCS(=O)(=O)C1. The van der Waals surface area contributed by atoms with Crippen LogP contribution in [0.25, 0.3) is 0 Å². The minimum absolute atomic E-state index is 0.0123. The first-order valence-electron chi connectivity index (χ1n) is 8.23. The summed E-state index contributed by atoms with van der Waals surface area (Å²) < 4.78 is 33.8. The molecule has 0 spiro atoms. The summed E-state index contributed by atoms with van der Waals surface area (Å²) in [6.07, 6.45) is 0.510. The van der Waals surface area contributed by atoms with Crippen LogP contribution >= 0.6 is 0 Å². The van der Waals surface area contributed by atoms with Crippen LogP contribution in [0, 0.1) is 0 Å². The number of likely N-dealkylation sites (N-methyl/N-ethyl adjacent to an activating group) is 1. The molecule has 2 heterocycles. The summed E-state index contributed by atoms with van der Waals surface area (Å²) in [6, 6.07) is 4.58. The summed E-state index contributed by atoms with van der Waals surface area (Å²) >= 11 is 0. The van der Waals surface area contributed by atoms with Crippen LogP contribution in [0.2, 0.25) is 0 Å². The van der Waals surface area contributed by atoms with E-state index in [-0.39, 0.29) is 24.1 Å². The molecule has 0 aliphatic carbocycles. The van der Waals surface area contributed by atoms with Crippen LogP contribution in [0.15, 0.2) is 18.2 Å². The van der Waals surface area contributed by atoms with Crippen molar-refractivity contribution in [2.24, 2.45) is 0 Å². The van der Waals surface area contributed by atoms with E-state index < -0.39 is 21.7 Å². The number of carbonyl (C=O) groups excluding carboxylic acids is 2. The lowest BCUT2D eigenvalue weighted by Crippen LogP contribution is -2.47. The maximum atomic E-state index is 12.1. The highest BCUT2D eigenvalue weighted by Crippen LogP contribution is 2.30. The number of benzene rings is 1. The van der Waals surface area contributed by atoms with Gasteiger partial charge in [-0.1, -0.05) is 0 Å². The quantitative estimate of drug-likeness (QED) is 0.663. The van der Waals surface area contributed by atoms with Crippen LogP contribution in [0.3, 0.4) is 0 Å². The van der Waals surface area contributed by atoms with Crippen molar-refractivity contribution in [3.8, 4) is 11.5 Å². The number of ether oxygens (including phenoxy) is 2. The fourth-order valence-electron chi connectivity index (χ4n) is 2.90. The van der Waals surface area contributed by atoms with Gasteiger partial charge in [0.25, 0.3) is 11.8 Å². The van der Waals surface area contributed by atoms with Crippen LogP contribution in [0.1, 0.15) is 16.8 Å². The monoisotopic (exact) mass is 383 g/mol. The van der Waals surface area contributed by atoms with Crippen molar-refractivity contribution in [1.29, 1.82) is 0 Å². The van der Waals surface area contributed by atoms with Crippen LogP contribution in [-0.4, -0.2) is 69.5 Å². The Morgan fingerprint density at radius 2 is 1.92 bits per heavy atom. The molecule has 2 aliphatic heterocycles. The van der Waals surface area contributed by atoms with Crippen LogP contribution in [0.4, 0.5) is 0 Å². The second kappa shape index (κ2) is 7.50. The second-order valence-electron chi connectivity index (χ2n) is 6.33. The van der Waals surface area contributed by atoms with E-state index in [1.165, 1.54) is 0 Å². The average molecular weight is 383 g/mol. The molecule has 1 aromatic carbocycles. The zero-order valence-corrected chi connectivity index (χ0v) is 15.2. The van der Waals surface area contributed by atoms with Crippen molar-refractivity contribution < 1.29 is 27.5 Å². The van der Waals surface area contributed by atoms with Gasteiger partial charge in [-0.05, 0) is 31.7 Å². The molecule has 9 nitrogen and oxygen atoms in total. The van der Waals surface area contributed by atoms with Crippen LogP contribution in [-0.2, 0) is 14.6 Å². The van der Waals surface area contributed by atoms with E-state index in [4.69, 9.17) is 9.47 Å². The first kappa shape index (κ1) is 18.5. The Hall–Kier alpha value is -2.33. The van der Waals surface area contributed by atoms with Gasteiger partial charge in [0, 0.05) is 11.6 Å². The van der Waals surface area contributed by atoms with Crippen molar-refractivity contribution in [2.45, 2.75) is 12.5 Å². The van der Waals surface area contributed by atoms with Crippen molar-refractivity contribution >= 4 is 21.7 Å². The van der Waals surface area contributed by atoms with Crippen molar-refractivity contribution in [1.82, 2.24) is 15.8 Å². The third-order valence-corrected chi connectivity index (χ3v) is 6.09. The average Bonchev–Trinajstić information content (AvgIpc) is 2.99. The van der Waals surface area contributed by atoms with Crippen LogP contribution in [0.5, 0.6) is 11.5 Å². The molecule has 0 radical (unpaired) electrons. The van der Waals surface area contributed by atoms with Gasteiger partial charge in [0.05, 0.1) is 18.1 Å². The predicted molar refractivity (Wildman–Crippen MR) is 92.7 cm³/mol. The van der Waals surface area contributed by atoms with Gasteiger partial charge in [0.1, 0.15) is 13.2 Å². The van der Waals surface area contributed by atoms with E-state index in [9.17, 15) is 18.0 Å². The minimum Gasteiger partial charge on any atom is -0.486 e. The summed E-state index contributed by atoms with van der Waals surface area (Å²) in [4.78, 5) is 25.8. The number of nitrogens with one attached hydrogen (secondary N) is 2. The maximum Gasteiger partial charge on any atom is 0.269 e. The number of hydrogen-bond donors (Lipinski definition) is 2. The van der Waals surface area contributed by atoms with Gasteiger partial charge in [-0.25, -0.2) is 8.42 Å². The Morgan fingerprint density at radius 1 is 1.19 bits per heavy atom. The molecule has 0 saturated carbocycles. The molecule has 1 atom stereocenters. The molecule has 1 fully saturated rings. The lowest BCUT2D eigenvalue weighted by Gasteiger charge is -2.22. The largest absolute Gasteiger partial charge is 0.486 e. The third-order valence-electron chi connectivity index (χ3n) is 4.34. The highest BCUT2D eigenvalue weighted by Gasteiger charge is 2.31. The summed E-state index contributed by atoms with van der Waals surface area (Å²) in [5, 5.41) is 0. The van der Waals surface area contributed by atoms with Gasteiger partial charge in [0.15, 0.2) is 21.3 Å². The topological polar surface area (TPSA) is 114 Å². The Labute approximate surface area is 151 Å². The molecule has 1 saturated heterocycles. The van der Waals surface area contributed by atoms with E-state index in [0.717, 1.165) is 0 Å². The smallest absolute Gasteiger partial charge is 0.269 e. The molecule has 1 aromatic rings. The first-order chi connectivity index (χ1) is 12.3. The number of fused-ring (bicyclic) bond motifs is 1. The van der Waals surface area contributed by atoms with E-state index in [1.54, 1.807) is 30.1 Å². The first-order valence-corrected chi connectivity index (χ1v) is 10.1. The van der Waals surface area contributed by atoms with Gasteiger partial charge in [-0.15, -0.1) is 0 Å². The molecule has 26 heavy (non-hydrogen) atoms. The highest BCUT2D eigenvalue weighted by atomic mass is 32.2. The number of amides is 2. The Bertz CT molecular complexity index is 810. The van der Waals surface area contributed by atoms with Gasteiger partial charge in [0.2, 0.25) is 0 Å². The zero-order chi connectivity index (χ0) is 18.7. The predicted octanol–water partition coefficient (Wildman–Crippen LogP) is -0.662. The normalized spacial score (nSPS) is 20.6. The summed E-state index contributed by atoms with van der Waals surface area (Å²) in [7, 11) is -1.32. The molecule has 10 heteroatoms. The third kappa shape index (κ3) is 4.44. The van der Waals surface area contributed by atoms with Gasteiger partial charge >= 0.3 is 0 Å². The maximum absolute atomic E-state index is 12.1. The van der Waals surface area contributed by atoms with Gasteiger partial charge in [-0.2, -0.15) is 0 Å². The molecule has 2 aliphatic rings. The molecule has 2 N–H and O–H groups in total. The van der Waals surface area contributed by atoms with Crippen molar-refractivity contribution in [3.63, 3.8) is 0 Å². The molecule has 0 bridgehead atoms. The zero-order valence-electron chi connectivity index (χ0n) is 14.4. The lowest BCUT2D eigenvalue weighted by molar-refractivity contribution is -0.123. The van der Waals surface area contributed by atoms with Gasteiger partial charge in [-0.3, -0.25) is 25.3 Å². The number of hydrazine groups is 1. The van der Waals surface area contributed by atoms with E-state index >= 15 is 0 Å². The molecular formula is C16H21N3O6S. The van der Waals surface area contributed by atoms with Gasteiger partial charge < -0.3 is 9.47 Å². The summed E-state index contributed by atoms with van der Waals surface area (Å²) in [6.45, 7) is 0.865. The van der Waals surface area contributed by atoms with Crippen molar-refractivity contribution in [2.75, 3.05) is 38.3 Å². The molecule has 2 amide bonds. The molecule has 3 rings (SSSR count). The van der Waals surface area contributed by atoms with Crippen molar-refractivity contribution in [3.05, 3.63) is 23.8 Å². The number of nitrogens with zero attached hydrogens (tertiary/aromatic N) is 1. The van der Waals surface area contributed by atoms with E-state index in [1.807, 2.05) is 0 Å². The number of rotatable bonds is 4. The van der Waals surface area contributed by atoms with E-state index in [2.05, 4.69) is 10.9 Å². The van der Waals surface area contributed by atoms with E-state index in [0.29, 0.717) is 36.7 Å². The summed E-state index contributed by atoms with van der Waals surface area (Å²) in [5.41, 5.74) is 5.00. The fourth-order valence-corrected chi connectivity index (χ4v) is 4.71. The van der Waals surface area contributed by atoms with Crippen LogP contribution < -0.4 is 20.3 Å². The minimum atomic E-state index is -3.01. The number of carbonyl (C=O) groups is 2. The number of hydrogen-bond acceptors (Lipinski definition) is 7. The highest BCUT2D eigenvalue weighted by molar-refractivity contribution is 7.91. The Balaban J connectivity index is 1.49. The fraction of sp³-hybridized carbons (Fsp3) is 0.500. The standard InChI is InChI=1S/C16H21N3O6S/c1-19(12-4-7-26(22,23)10-12)9-15(20)17-18-16(21)11-2-3-13-14(8-11)25-6-5-24-13/h2-3,8,12H,4-7,9-10H2,1H3,(H,17,20)(H,18,21)/t12-/m0/s1.